The highest BCUT2D eigenvalue weighted by Gasteiger charge is 2.49. The molecule has 6 aromatic carbocycles. The molecule has 0 aliphatic carbocycles. The predicted molar refractivity (Wildman–Crippen MR) is 192 cm³/mol. The number of fused-ring (bicyclic) bond motifs is 3. The number of aromatic nitrogens is 4. The van der Waals surface area contributed by atoms with Crippen LogP contribution in [0.3, 0.4) is 0 Å². The van der Waals surface area contributed by atoms with Crippen LogP contribution in [-0.2, 0) is 10.1 Å². The Kier molecular flexibility index (Phi) is 7.84. The number of alkyl halides is 3. The zero-order valence-electron chi connectivity index (χ0n) is 26.5. The van der Waals surface area contributed by atoms with Crippen molar-refractivity contribution < 1.29 is 25.8 Å². The highest BCUT2D eigenvalue weighted by molar-refractivity contribution is 7.88. The van der Waals surface area contributed by atoms with Crippen molar-refractivity contribution in [1.82, 2.24) is 19.5 Å². The van der Waals surface area contributed by atoms with E-state index >= 15 is 0 Å². The van der Waals surface area contributed by atoms with Crippen molar-refractivity contribution in [2.75, 3.05) is 0 Å². The van der Waals surface area contributed by atoms with Crippen LogP contribution in [-0.4, -0.2) is 33.4 Å². The van der Waals surface area contributed by atoms with E-state index in [4.69, 9.17) is 19.1 Å². The van der Waals surface area contributed by atoms with Crippen molar-refractivity contribution in [2.24, 2.45) is 0 Å². The fourth-order valence-electron chi connectivity index (χ4n) is 6.07. The van der Waals surface area contributed by atoms with Gasteiger partial charge in [0.05, 0.1) is 11.0 Å². The zero-order valence-corrected chi connectivity index (χ0v) is 27.3. The number of hydrogen-bond donors (Lipinski definition) is 0. The van der Waals surface area contributed by atoms with Crippen LogP contribution in [0.5, 0.6) is 5.75 Å². The SMILES string of the molecule is O=S(=O)(Oc1cc2c(cc1-c1cccc(-c3ccccc3)c1)c1ccccc1n2-c1nc(-c2ccccc2)nc(-c2ccccc2)n1)C(F)(F)F. The van der Waals surface area contributed by atoms with Gasteiger partial charge in [-0.2, -0.15) is 31.6 Å². The van der Waals surface area contributed by atoms with Crippen molar-refractivity contribution in [3.8, 4) is 56.7 Å². The third-order valence-electron chi connectivity index (χ3n) is 8.43. The van der Waals surface area contributed by atoms with Crippen LogP contribution in [0.2, 0.25) is 0 Å². The van der Waals surface area contributed by atoms with Gasteiger partial charge in [-0.25, -0.2) is 4.98 Å². The van der Waals surface area contributed by atoms with Crippen LogP contribution in [0.25, 0.3) is 72.8 Å². The molecule has 0 atom stereocenters. The molecule has 0 N–H and O–H groups in total. The lowest BCUT2D eigenvalue weighted by atomic mass is 9.97. The fourth-order valence-corrected chi connectivity index (χ4v) is 6.53. The summed E-state index contributed by atoms with van der Waals surface area (Å²) in [5.74, 6) is 0.416. The zero-order chi connectivity index (χ0) is 35.2. The first-order valence-electron chi connectivity index (χ1n) is 15.8. The monoisotopic (exact) mass is 698 g/mol. The first-order valence-corrected chi connectivity index (χ1v) is 17.2. The molecular formula is C40H25F3N4O3S. The number of rotatable bonds is 7. The van der Waals surface area contributed by atoms with Crippen LogP contribution in [0, 0.1) is 0 Å². The second-order valence-corrected chi connectivity index (χ2v) is 13.2. The molecule has 250 valence electrons. The molecule has 2 aromatic heterocycles. The minimum Gasteiger partial charge on any atom is -0.375 e. The highest BCUT2D eigenvalue weighted by atomic mass is 32.2. The third kappa shape index (κ3) is 5.97. The predicted octanol–water partition coefficient (Wildman–Crippen LogP) is 9.87. The third-order valence-corrected chi connectivity index (χ3v) is 9.39. The molecule has 0 saturated heterocycles. The van der Waals surface area contributed by atoms with Gasteiger partial charge in [-0.1, -0.05) is 127 Å². The van der Waals surface area contributed by atoms with E-state index in [1.165, 1.54) is 6.07 Å². The molecule has 51 heavy (non-hydrogen) atoms. The van der Waals surface area contributed by atoms with Crippen molar-refractivity contribution in [3.05, 3.63) is 152 Å². The molecule has 0 saturated carbocycles. The van der Waals surface area contributed by atoms with Gasteiger partial charge in [0.2, 0.25) is 5.95 Å². The maximum atomic E-state index is 13.8. The van der Waals surface area contributed by atoms with E-state index in [9.17, 15) is 21.6 Å². The molecule has 8 rings (SSSR count). The average molecular weight is 699 g/mol. The molecule has 2 heterocycles. The van der Waals surface area contributed by atoms with E-state index in [1.54, 1.807) is 28.8 Å². The first-order chi connectivity index (χ1) is 24.7. The van der Waals surface area contributed by atoms with E-state index in [2.05, 4.69) is 0 Å². The molecule has 0 bridgehead atoms. The molecule has 0 fully saturated rings. The van der Waals surface area contributed by atoms with E-state index in [0.717, 1.165) is 27.6 Å². The van der Waals surface area contributed by atoms with Gasteiger partial charge in [0.1, 0.15) is 0 Å². The number of para-hydroxylation sites is 1. The topological polar surface area (TPSA) is 87.0 Å². The summed E-state index contributed by atoms with van der Waals surface area (Å²) in [6, 6.07) is 45.5. The molecule has 0 radical (unpaired) electrons. The molecule has 8 aromatic rings. The van der Waals surface area contributed by atoms with Crippen molar-refractivity contribution in [3.63, 3.8) is 0 Å². The van der Waals surface area contributed by atoms with Crippen molar-refractivity contribution >= 4 is 31.9 Å². The molecule has 11 heteroatoms. The lowest BCUT2D eigenvalue weighted by Crippen LogP contribution is -2.28. The van der Waals surface area contributed by atoms with E-state index < -0.39 is 21.4 Å². The standard InChI is InChI=1S/C40H25F3N4O3S/c41-40(42,43)51(48,49)50-36-25-35-33(24-32(36)30-20-12-19-29(23-30)26-13-4-1-5-14-26)31-21-10-11-22-34(31)47(35)39-45-37(27-15-6-2-7-16-27)44-38(46-39)28-17-8-3-9-18-28/h1-25H. The lowest BCUT2D eigenvalue weighted by Gasteiger charge is -2.15. The summed E-state index contributed by atoms with van der Waals surface area (Å²) < 4.78 is 73.3. The van der Waals surface area contributed by atoms with Crippen LogP contribution in [0.15, 0.2) is 152 Å². The minimum absolute atomic E-state index is 0.154. The Morgan fingerprint density at radius 3 is 1.65 bits per heavy atom. The second-order valence-electron chi connectivity index (χ2n) is 11.7. The smallest absolute Gasteiger partial charge is 0.375 e. The quantitative estimate of drug-likeness (QED) is 0.122. The Bertz CT molecular complexity index is 2610. The maximum Gasteiger partial charge on any atom is 0.534 e. The average Bonchev–Trinajstić information content (AvgIpc) is 3.48. The molecule has 0 amide bonds. The maximum absolute atomic E-state index is 13.8. The van der Waals surface area contributed by atoms with E-state index in [1.807, 2.05) is 121 Å². The van der Waals surface area contributed by atoms with Gasteiger partial charge in [-0.05, 0) is 34.9 Å². The van der Waals surface area contributed by atoms with Crippen LogP contribution in [0.1, 0.15) is 0 Å². The molecule has 0 unspecified atom stereocenters. The highest BCUT2D eigenvalue weighted by Crippen LogP contribution is 2.42. The summed E-state index contributed by atoms with van der Waals surface area (Å²) >= 11 is 0. The van der Waals surface area contributed by atoms with Gasteiger partial charge in [0, 0.05) is 33.5 Å². The van der Waals surface area contributed by atoms with E-state index in [-0.39, 0.29) is 11.5 Å². The molecule has 0 aliphatic heterocycles. The Morgan fingerprint density at radius 2 is 1.04 bits per heavy atom. The van der Waals surface area contributed by atoms with Crippen LogP contribution < -0.4 is 4.18 Å². The van der Waals surface area contributed by atoms with Crippen molar-refractivity contribution in [1.29, 1.82) is 0 Å². The van der Waals surface area contributed by atoms with Crippen LogP contribution >= 0.6 is 0 Å². The summed E-state index contributed by atoms with van der Waals surface area (Å²) in [5.41, 5.74) is -0.983. The molecule has 0 spiro atoms. The van der Waals surface area contributed by atoms with Gasteiger partial charge in [0.15, 0.2) is 17.4 Å². The summed E-state index contributed by atoms with van der Waals surface area (Å²) in [6.07, 6.45) is 0. The number of benzene rings is 6. The minimum atomic E-state index is -6.06. The normalized spacial score (nSPS) is 12.0. The van der Waals surface area contributed by atoms with Crippen LogP contribution in [0.4, 0.5) is 13.2 Å². The van der Waals surface area contributed by atoms with E-state index in [0.29, 0.717) is 33.6 Å². The summed E-state index contributed by atoms with van der Waals surface area (Å²) in [5, 5.41) is 1.35. The summed E-state index contributed by atoms with van der Waals surface area (Å²) in [4.78, 5) is 14.4. The Balaban J connectivity index is 1.42. The number of hydrogen-bond acceptors (Lipinski definition) is 6. The summed E-state index contributed by atoms with van der Waals surface area (Å²) in [7, 11) is -6.06. The Hall–Kier alpha value is -6.33. The van der Waals surface area contributed by atoms with Gasteiger partial charge in [0.25, 0.3) is 0 Å². The molecular weight excluding hydrogens is 674 g/mol. The van der Waals surface area contributed by atoms with Gasteiger partial charge in [-0.15, -0.1) is 0 Å². The Morgan fingerprint density at radius 1 is 0.510 bits per heavy atom. The number of nitrogens with zero attached hydrogens (tertiary/aromatic N) is 4. The van der Waals surface area contributed by atoms with Gasteiger partial charge < -0.3 is 4.18 Å². The largest absolute Gasteiger partial charge is 0.534 e. The number of halogens is 3. The lowest BCUT2D eigenvalue weighted by molar-refractivity contribution is -0.0499. The van der Waals surface area contributed by atoms with Gasteiger partial charge in [-0.3, -0.25) is 4.57 Å². The Labute approximate surface area is 290 Å². The van der Waals surface area contributed by atoms with Crippen molar-refractivity contribution in [2.45, 2.75) is 5.51 Å². The molecule has 0 aliphatic rings. The summed E-state index contributed by atoms with van der Waals surface area (Å²) in [6.45, 7) is 0. The molecule has 7 nitrogen and oxygen atoms in total. The second kappa shape index (κ2) is 12.5. The first kappa shape index (κ1) is 31.9. The van der Waals surface area contributed by atoms with Gasteiger partial charge >= 0.3 is 15.6 Å². The fraction of sp³-hybridized carbons (Fsp3) is 0.0250.